The van der Waals surface area contributed by atoms with Crippen LogP contribution in [0.15, 0.2) is 18.2 Å². The number of nitrogens with zero attached hydrogens (tertiary/aromatic N) is 2. The number of fused-ring (bicyclic) bond motifs is 1. The Morgan fingerprint density at radius 2 is 2.21 bits per heavy atom. The molecule has 0 amide bonds. The number of rotatable bonds is 1. The standard InChI is InChI=1S/C12H12N2/c1-8-4-3-5-10-11(8)13-12(14(10)2)9-6-7-9/h2-5,9H,6-7H2,1H3. The van der Waals surface area contributed by atoms with E-state index in [4.69, 9.17) is 7.05 Å². The van der Waals surface area contributed by atoms with Crippen LogP contribution in [-0.4, -0.2) is 9.55 Å². The summed E-state index contributed by atoms with van der Waals surface area (Å²) in [6.07, 6.45) is 2.47. The van der Waals surface area contributed by atoms with Crippen LogP contribution >= 0.6 is 0 Å². The maximum Gasteiger partial charge on any atom is 0.113 e. The van der Waals surface area contributed by atoms with E-state index in [-0.39, 0.29) is 0 Å². The van der Waals surface area contributed by atoms with Gasteiger partial charge in [-0.2, -0.15) is 0 Å². The number of para-hydroxylation sites is 1. The molecule has 1 aromatic carbocycles. The topological polar surface area (TPSA) is 17.8 Å². The predicted octanol–water partition coefficient (Wildman–Crippen LogP) is 2.74. The molecule has 2 aromatic rings. The van der Waals surface area contributed by atoms with Gasteiger partial charge in [-0.25, -0.2) is 4.98 Å². The number of hydrogen-bond donors (Lipinski definition) is 0. The summed E-state index contributed by atoms with van der Waals surface area (Å²) in [7, 11) is 6.00. The summed E-state index contributed by atoms with van der Waals surface area (Å²) >= 11 is 0. The molecule has 1 fully saturated rings. The molecule has 0 unspecified atom stereocenters. The molecule has 1 heterocycles. The van der Waals surface area contributed by atoms with Crippen LogP contribution < -0.4 is 0 Å². The summed E-state index contributed by atoms with van der Waals surface area (Å²) in [5.74, 6) is 1.65. The molecule has 0 spiro atoms. The van der Waals surface area contributed by atoms with Crippen molar-refractivity contribution in [2.24, 2.45) is 0 Å². The fourth-order valence-corrected chi connectivity index (χ4v) is 1.90. The van der Waals surface area contributed by atoms with Gasteiger partial charge in [0.1, 0.15) is 5.82 Å². The first kappa shape index (κ1) is 8.04. The zero-order valence-corrected chi connectivity index (χ0v) is 8.20. The van der Waals surface area contributed by atoms with E-state index in [1.165, 1.54) is 18.4 Å². The largest absolute Gasteiger partial charge is 0.320 e. The number of benzene rings is 1. The number of hydrogen-bond acceptors (Lipinski definition) is 1. The Labute approximate surface area is 83.6 Å². The minimum atomic E-state index is 0.604. The van der Waals surface area contributed by atoms with Crippen LogP contribution in [0.4, 0.5) is 0 Å². The van der Waals surface area contributed by atoms with Gasteiger partial charge >= 0.3 is 0 Å². The van der Waals surface area contributed by atoms with Crippen molar-refractivity contribution in [3.63, 3.8) is 0 Å². The Morgan fingerprint density at radius 1 is 1.43 bits per heavy atom. The third-order valence-electron chi connectivity index (χ3n) is 2.89. The number of imidazole rings is 1. The van der Waals surface area contributed by atoms with Crippen molar-refractivity contribution in [2.45, 2.75) is 25.7 Å². The third-order valence-corrected chi connectivity index (χ3v) is 2.89. The summed E-state index contributed by atoms with van der Waals surface area (Å²) in [4.78, 5) is 4.61. The fourth-order valence-electron chi connectivity index (χ4n) is 1.90. The van der Waals surface area contributed by atoms with E-state index in [1.807, 2.05) is 12.1 Å². The quantitative estimate of drug-likeness (QED) is 0.666. The lowest BCUT2D eigenvalue weighted by molar-refractivity contribution is 0.895. The highest BCUT2D eigenvalue weighted by Gasteiger charge is 2.28. The van der Waals surface area contributed by atoms with Crippen molar-refractivity contribution >= 4 is 11.0 Å². The van der Waals surface area contributed by atoms with Gasteiger partial charge in [-0.05, 0) is 31.4 Å². The molecular formula is C12H12N2. The van der Waals surface area contributed by atoms with E-state index in [9.17, 15) is 0 Å². The van der Waals surface area contributed by atoms with E-state index in [1.54, 1.807) is 4.57 Å². The molecule has 1 aliphatic carbocycles. The van der Waals surface area contributed by atoms with Crippen LogP contribution in [0.3, 0.4) is 0 Å². The second kappa shape index (κ2) is 2.59. The van der Waals surface area contributed by atoms with Gasteiger partial charge in [0.2, 0.25) is 0 Å². The lowest BCUT2D eigenvalue weighted by Gasteiger charge is -1.98. The Balaban J connectivity index is 2.33. The maximum absolute atomic E-state index is 6.00. The summed E-state index contributed by atoms with van der Waals surface area (Å²) in [5.41, 5.74) is 3.30. The van der Waals surface area contributed by atoms with E-state index in [0.717, 1.165) is 16.9 Å². The SMILES string of the molecule is [CH]n1c(C2CC2)nc2c(C)cccc21. The molecule has 0 N–H and O–H groups in total. The average Bonchev–Trinajstić information content (AvgIpc) is 2.94. The van der Waals surface area contributed by atoms with Crippen molar-refractivity contribution in [3.05, 3.63) is 36.6 Å². The van der Waals surface area contributed by atoms with Crippen molar-refractivity contribution in [1.29, 1.82) is 0 Å². The molecule has 1 aliphatic rings. The van der Waals surface area contributed by atoms with E-state index in [2.05, 4.69) is 18.0 Å². The lowest BCUT2D eigenvalue weighted by Crippen LogP contribution is -1.92. The molecule has 2 radical (unpaired) electrons. The summed E-state index contributed by atoms with van der Waals surface area (Å²) in [6, 6.07) is 6.13. The molecule has 0 aliphatic heterocycles. The van der Waals surface area contributed by atoms with Gasteiger partial charge in [-0.3, -0.25) is 0 Å². The van der Waals surface area contributed by atoms with Crippen molar-refractivity contribution in [2.75, 3.05) is 0 Å². The van der Waals surface area contributed by atoms with E-state index < -0.39 is 0 Å². The van der Waals surface area contributed by atoms with Gasteiger partial charge in [0, 0.05) is 5.92 Å². The summed E-state index contributed by atoms with van der Waals surface area (Å²) in [6.45, 7) is 2.08. The zero-order chi connectivity index (χ0) is 9.71. The normalized spacial score (nSPS) is 16.4. The molecule has 70 valence electrons. The summed E-state index contributed by atoms with van der Waals surface area (Å²) < 4.78 is 1.75. The lowest BCUT2D eigenvalue weighted by atomic mass is 10.2. The molecule has 0 saturated heterocycles. The van der Waals surface area contributed by atoms with Gasteiger partial charge < -0.3 is 4.57 Å². The Hall–Kier alpha value is -1.31. The smallest absolute Gasteiger partial charge is 0.113 e. The van der Waals surface area contributed by atoms with Crippen LogP contribution in [0.5, 0.6) is 0 Å². The van der Waals surface area contributed by atoms with Crippen LogP contribution in [0.1, 0.15) is 30.1 Å². The van der Waals surface area contributed by atoms with Crippen LogP contribution in [0, 0.1) is 14.0 Å². The van der Waals surface area contributed by atoms with E-state index >= 15 is 0 Å². The number of aryl methyl sites for hydroxylation is 1. The molecule has 3 rings (SSSR count). The minimum Gasteiger partial charge on any atom is -0.320 e. The molecule has 0 atom stereocenters. The van der Waals surface area contributed by atoms with Gasteiger partial charge in [0.15, 0.2) is 0 Å². The molecule has 1 aromatic heterocycles. The first-order chi connectivity index (χ1) is 6.77. The average molecular weight is 184 g/mol. The molecule has 14 heavy (non-hydrogen) atoms. The Kier molecular flexibility index (Phi) is 1.49. The molecule has 0 bridgehead atoms. The molecule has 2 nitrogen and oxygen atoms in total. The number of aromatic nitrogens is 2. The van der Waals surface area contributed by atoms with Crippen LogP contribution in [-0.2, 0) is 0 Å². The van der Waals surface area contributed by atoms with Gasteiger partial charge in [-0.15, -0.1) is 0 Å². The van der Waals surface area contributed by atoms with Crippen molar-refractivity contribution in [1.82, 2.24) is 9.55 Å². The fraction of sp³-hybridized carbons (Fsp3) is 0.333. The second-order valence-electron chi connectivity index (χ2n) is 4.06. The molecule has 1 saturated carbocycles. The Bertz CT molecular complexity index is 492. The van der Waals surface area contributed by atoms with Gasteiger partial charge in [0.05, 0.1) is 18.1 Å². The van der Waals surface area contributed by atoms with Crippen LogP contribution in [0.2, 0.25) is 0 Å². The molecular weight excluding hydrogens is 172 g/mol. The molecule has 2 heteroatoms. The van der Waals surface area contributed by atoms with Crippen LogP contribution in [0.25, 0.3) is 11.0 Å². The highest BCUT2D eigenvalue weighted by molar-refractivity contribution is 5.79. The Morgan fingerprint density at radius 3 is 2.86 bits per heavy atom. The predicted molar refractivity (Wildman–Crippen MR) is 56.1 cm³/mol. The highest BCUT2D eigenvalue weighted by Crippen LogP contribution is 2.40. The van der Waals surface area contributed by atoms with Crippen molar-refractivity contribution in [3.8, 4) is 0 Å². The summed E-state index contributed by atoms with van der Waals surface area (Å²) in [5, 5.41) is 0. The second-order valence-corrected chi connectivity index (χ2v) is 4.06. The van der Waals surface area contributed by atoms with Crippen molar-refractivity contribution < 1.29 is 0 Å². The first-order valence-corrected chi connectivity index (χ1v) is 5.00. The zero-order valence-electron chi connectivity index (χ0n) is 8.20. The first-order valence-electron chi connectivity index (χ1n) is 5.00. The van der Waals surface area contributed by atoms with Gasteiger partial charge in [0.25, 0.3) is 0 Å². The highest BCUT2D eigenvalue weighted by atomic mass is 15.1. The maximum atomic E-state index is 6.00. The van der Waals surface area contributed by atoms with Gasteiger partial charge in [-0.1, -0.05) is 12.1 Å². The van der Waals surface area contributed by atoms with E-state index in [0.29, 0.717) is 5.92 Å². The monoisotopic (exact) mass is 184 g/mol. The minimum absolute atomic E-state index is 0.604. The third kappa shape index (κ3) is 0.999.